The first kappa shape index (κ1) is 18.2. The summed E-state index contributed by atoms with van der Waals surface area (Å²) in [7, 11) is 1.81. The van der Waals surface area contributed by atoms with Gasteiger partial charge < -0.3 is 10.1 Å². The molecule has 0 spiro atoms. The van der Waals surface area contributed by atoms with Crippen molar-refractivity contribution in [2.24, 2.45) is 0 Å². The lowest BCUT2D eigenvalue weighted by Gasteiger charge is -2.26. The number of rotatable bonds is 10. The average molecular weight is 291 g/mol. The Hall–Kier alpha value is -0.860. The van der Waals surface area contributed by atoms with E-state index in [4.69, 9.17) is 4.74 Å². The van der Waals surface area contributed by atoms with E-state index in [2.05, 4.69) is 57.3 Å². The Bertz CT molecular complexity index is 383. The monoisotopic (exact) mass is 291 g/mol. The quantitative estimate of drug-likeness (QED) is 0.685. The maximum Gasteiger partial charge on any atom is 0.0623 e. The van der Waals surface area contributed by atoms with Crippen molar-refractivity contribution in [2.45, 2.75) is 71.4 Å². The molecule has 0 radical (unpaired) electrons. The smallest absolute Gasteiger partial charge is 0.0623 e. The van der Waals surface area contributed by atoms with Crippen molar-refractivity contribution in [2.75, 3.05) is 13.7 Å². The minimum atomic E-state index is -0.0179. The summed E-state index contributed by atoms with van der Waals surface area (Å²) in [5, 5.41) is 3.69. The van der Waals surface area contributed by atoms with Crippen LogP contribution in [0, 0.1) is 6.92 Å². The van der Waals surface area contributed by atoms with Gasteiger partial charge in [0.25, 0.3) is 0 Å². The topological polar surface area (TPSA) is 21.3 Å². The number of aryl methyl sites for hydroxylation is 2. The summed E-state index contributed by atoms with van der Waals surface area (Å²) in [6.07, 6.45) is 5.80. The molecule has 0 saturated carbocycles. The Balaban J connectivity index is 2.47. The molecule has 0 amide bonds. The number of hydrogen-bond acceptors (Lipinski definition) is 2. The molecule has 0 aliphatic rings. The molecule has 0 aliphatic heterocycles. The molecule has 1 atom stereocenters. The van der Waals surface area contributed by atoms with E-state index in [0.717, 1.165) is 19.4 Å². The molecule has 21 heavy (non-hydrogen) atoms. The molecule has 0 heterocycles. The Labute approximate surface area is 131 Å². The number of methoxy groups -OCH3 is 1. The predicted molar refractivity (Wildman–Crippen MR) is 91.9 cm³/mol. The number of benzene rings is 1. The third-order valence-electron chi connectivity index (χ3n) is 4.23. The normalized spacial score (nSPS) is 13.4. The summed E-state index contributed by atoms with van der Waals surface area (Å²) in [4.78, 5) is 0. The molecule has 0 saturated heterocycles. The van der Waals surface area contributed by atoms with E-state index in [1.807, 2.05) is 0 Å². The second kappa shape index (κ2) is 9.22. The zero-order valence-corrected chi connectivity index (χ0v) is 14.5. The van der Waals surface area contributed by atoms with Crippen molar-refractivity contribution in [1.29, 1.82) is 0 Å². The fourth-order valence-corrected chi connectivity index (χ4v) is 2.42. The van der Waals surface area contributed by atoms with Crippen LogP contribution in [0.2, 0.25) is 0 Å². The van der Waals surface area contributed by atoms with Crippen LogP contribution in [0.15, 0.2) is 24.3 Å². The molecule has 0 aromatic heterocycles. The van der Waals surface area contributed by atoms with Gasteiger partial charge in [0, 0.05) is 13.2 Å². The van der Waals surface area contributed by atoms with Gasteiger partial charge in [-0.15, -0.1) is 0 Å². The molecule has 0 aliphatic carbocycles. The van der Waals surface area contributed by atoms with Crippen molar-refractivity contribution in [3.63, 3.8) is 0 Å². The SMILES string of the molecule is CCCNC(CCc1ccc(C)cc1)CCC(C)(C)OC. The highest BCUT2D eigenvalue weighted by Crippen LogP contribution is 2.19. The number of nitrogens with one attached hydrogen (secondary N) is 1. The van der Waals surface area contributed by atoms with Crippen LogP contribution in [0.25, 0.3) is 0 Å². The molecular formula is C19H33NO. The third kappa shape index (κ3) is 7.63. The molecule has 120 valence electrons. The van der Waals surface area contributed by atoms with E-state index in [1.54, 1.807) is 7.11 Å². The van der Waals surface area contributed by atoms with Crippen LogP contribution in [-0.2, 0) is 11.2 Å². The summed E-state index contributed by atoms with van der Waals surface area (Å²) >= 11 is 0. The maximum atomic E-state index is 5.54. The summed E-state index contributed by atoms with van der Waals surface area (Å²) in [5.74, 6) is 0. The van der Waals surface area contributed by atoms with Gasteiger partial charge in [-0.2, -0.15) is 0 Å². The van der Waals surface area contributed by atoms with E-state index >= 15 is 0 Å². The first-order chi connectivity index (χ1) is 9.96. The molecule has 1 unspecified atom stereocenters. The van der Waals surface area contributed by atoms with E-state index in [1.165, 1.54) is 30.4 Å². The Kier molecular flexibility index (Phi) is 7.98. The molecular weight excluding hydrogens is 258 g/mol. The van der Waals surface area contributed by atoms with E-state index < -0.39 is 0 Å². The van der Waals surface area contributed by atoms with Crippen molar-refractivity contribution in [3.05, 3.63) is 35.4 Å². The molecule has 0 fully saturated rings. The maximum absolute atomic E-state index is 5.54. The van der Waals surface area contributed by atoms with Gasteiger partial charge in [-0.05, 0) is 65.0 Å². The Morgan fingerprint density at radius 2 is 1.81 bits per heavy atom. The molecule has 1 rings (SSSR count). The molecule has 2 nitrogen and oxygen atoms in total. The van der Waals surface area contributed by atoms with Crippen LogP contribution in [0.4, 0.5) is 0 Å². The summed E-state index contributed by atoms with van der Waals surface area (Å²) < 4.78 is 5.54. The van der Waals surface area contributed by atoms with Crippen molar-refractivity contribution in [3.8, 4) is 0 Å². The largest absolute Gasteiger partial charge is 0.379 e. The van der Waals surface area contributed by atoms with Crippen molar-refractivity contribution in [1.82, 2.24) is 5.32 Å². The third-order valence-corrected chi connectivity index (χ3v) is 4.23. The second-order valence-corrected chi connectivity index (χ2v) is 6.68. The van der Waals surface area contributed by atoms with E-state index in [9.17, 15) is 0 Å². The Morgan fingerprint density at radius 1 is 1.14 bits per heavy atom. The highest BCUT2D eigenvalue weighted by molar-refractivity contribution is 5.21. The summed E-state index contributed by atoms with van der Waals surface area (Å²) in [6, 6.07) is 9.51. The van der Waals surface area contributed by atoms with Crippen LogP contribution >= 0.6 is 0 Å². The predicted octanol–water partition coefficient (Wildman–Crippen LogP) is 4.50. The van der Waals surface area contributed by atoms with Crippen LogP contribution in [0.5, 0.6) is 0 Å². The van der Waals surface area contributed by atoms with E-state index in [-0.39, 0.29) is 5.60 Å². The van der Waals surface area contributed by atoms with Gasteiger partial charge in [0.2, 0.25) is 0 Å². The van der Waals surface area contributed by atoms with Gasteiger partial charge in [-0.3, -0.25) is 0 Å². The van der Waals surface area contributed by atoms with Crippen molar-refractivity contribution >= 4 is 0 Å². The standard InChI is InChI=1S/C19H33NO/c1-6-15-20-18(13-14-19(3,4)21-5)12-11-17-9-7-16(2)8-10-17/h7-10,18,20H,6,11-15H2,1-5H3. The number of hydrogen-bond donors (Lipinski definition) is 1. The fraction of sp³-hybridized carbons (Fsp3) is 0.684. The van der Waals surface area contributed by atoms with Gasteiger partial charge in [-0.1, -0.05) is 36.8 Å². The van der Waals surface area contributed by atoms with Crippen LogP contribution < -0.4 is 5.32 Å². The number of ether oxygens (including phenoxy) is 1. The van der Waals surface area contributed by atoms with Gasteiger partial charge in [0.1, 0.15) is 0 Å². The lowest BCUT2D eigenvalue weighted by atomic mass is 9.95. The van der Waals surface area contributed by atoms with Crippen LogP contribution in [0.1, 0.15) is 57.6 Å². The minimum absolute atomic E-state index is 0.0179. The lowest BCUT2D eigenvalue weighted by Crippen LogP contribution is -2.33. The Morgan fingerprint density at radius 3 is 2.38 bits per heavy atom. The molecule has 0 bridgehead atoms. The van der Waals surface area contributed by atoms with Crippen molar-refractivity contribution < 1.29 is 4.74 Å². The first-order valence-electron chi connectivity index (χ1n) is 8.31. The second-order valence-electron chi connectivity index (χ2n) is 6.68. The highest BCUT2D eigenvalue weighted by Gasteiger charge is 2.19. The summed E-state index contributed by atoms with van der Waals surface area (Å²) in [6.45, 7) is 9.81. The average Bonchev–Trinajstić information content (AvgIpc) is 2.48. The first-order valence-corrected chi connectivity index (χ1v) is 8.31. The zero-order chi connectivity index (χ0) is 15.7. The summed E-state index contributed by atoms with van der Waals surface area (Å²) in [5.41, 5.74) is 2.76. The van der Waals surface area contributed by atoms with Crippen LogP contribution in [-0.4, -0.2) is 25.3 Å². The zero-order valence-electron chi connectivity index (χ0n) is 14.5. The van der Waals surface area contributed by atoms with Gasteiger partial charge in [0.15, 0.2) is 0 Å². The lowest BCUT2D eigenvalue weighted by molar-refractivity contribution is 0.0115. The highest BCUT2D eigenvalue weighted by atomic mass is 16.5. The molecule has 1 aromatic carbocycles. The van der Waals surface area contributed by atoms with Gasteiger partial charge in [0.05, 0.1) is 5.60 Å². The minimum Gasteiger partial charge on any atom is -0.379 e. The fourth-order valence-electron chi connectivity index (χ4n) is 2.42. The molecule has 1 aromatic rings. The van der Waals surface area contributed by atoms with Gasteiger partial charge in [-0.25, -0.2) is 0 Å². The molecule has 1 N–H and O–H groups in total. The van der Waals surface area contributed by atoms with Crippen LogP contribution in [0.3, 0.4) is 0 Å². The molecule has 2 heteroatoms. The van der Waals surface area contributed by atoms with E-state index in [0.29, 0.717) is 6.04 Å². The van der Waals surface area contributed by atoms with Gasteiger partial charge >= 0.3 is 0 Å².